The van der Waals surface area contributed by atoms with Crippen LogP contribution in [0.2, 0.25) is 0 Å². The highest BCUT2D eigenvalue weighted by Crippen LogP contribution is 2.40. The molecule has 1 aliphatic rings. The van der Waals surface area contributed by atoms with Crippen molar-refractivity contribution in [2.45, 2.75) is 18.9 Å². The van der Waals surface area contributed by atoms with Crippen LogP contribution >= 0.6 is 11.3 Å². The zero-order chi connectivity index (χ0) is 14.7. The molecular formula is C14H16N4O2S. The van der Waals surface area contributed by atoms with E-state index in [2.05, 4.69) is 20.6 Å². The Labute approximate surface area is 126 Å². The number of hydrogen-bond donors (Lipinski definition) is 2. The largest absolute Gasteiger partial charge is 0.486 e. The number of methoxy groups -OCH3 is 1. The van der Waals surface area contributed by atoms with Gasteiger partial charge in [-0.25, -0.2) is 9.78 Å². The van der Waals surface area contributed by atoms with Crippen LogP contribution in [0.25, 0.3) is 0 Å². The molecule has 1 atom stereocenters. The second kappa shape index (κ2) is 6.09. The molecule has 0 spiro atoms. The molecule has 1 saturated carbocycles. The molecule has 6 nitrogen and oxygen atoms in total. The first-order chi connectivity index (χ1) is 10.3. The summed E-state index contributed by atoms with van der Waals surface area (Å²) in [4.78, 5) is 20.5. The molecule has 21 heavy (non-hydrogen) atoms. The van der Waals surface area contributed by atoms with Gasteiger partial charge in [0.15, 0.2) is 10.2 Å². The minimum atomic E-state index is -0.269. The summed E-state index contributed by atoms with van der Waals surface area (Å²) >= 11 is 1.29. The van der Waals surface area contributed by atoms with E-state index in [9.17, 15) is 4.79 Å². The molecule has 110 valence electrons. The van der Waals surface area contributed by atoms with Gasteiger partial charge in [0.1, 0.15) is 0 Å². The third kappa shape index (κ3) is 3.49. The quantitative estimate of drug-likeness (QED) is 0.890. The standard InChI is InChI=1S/C14H16N4O2S/c1-20-11-8-16-14(21-11)18-13(19)17-12(9-5-6-9)10-4-2-3-7-15-10/h2-4,7-9,12H,5-6H2,1H3,(H2,16,17,18,19). The minimum absolute atomic E-state index is 0.0481. The van der Waals surface area contributed by atoms with Crippen LogP contribution in [0.3, 0.4) is 0 Å². The number of amides is 2. The summed E-state index contributed by atoms with van der Waals surface area (Å²) in [7, 11) is 1.57. The maximum Gasteiger partial charge on any atom is 0.321 e. The SMILES string of the molecule is COc1cnc(NC(=O)NC(c2ccccn2)C2CC2)s1. The lowest BCUT2D eigenvalue weighted by Crippen LogP contribution is -2.34. The molecule has 1 unspecified atom stereocenters. The van der Waals surface area contributed by atoms with Crippen molar-refractivity contribution in [1.82, 2.24) is 15.3 Å². The number of aromatic nitrogens is 2. The van der Waals surface area contributed by atoms with E-state index < -0.39 is 0 Å². The number of pyridine rings is 1. The highest BCUT2D eigenvalue weighted by atomic mass is 32.1. The lowest BCUT2D eigenvalue weighted by atomic mass is 10.1. The Hall–Kier alpha value is -2.15. The lowest BCUT2D eigenvalue weighted by Gasteiger charge is -2.17. The van der Waals surface area contributed by atoms with Gasteiger partial charge in [-0.15, -0.1) is 0 Å². The molecule has 0 aliphatic heterocycles. The molecule has 7 heteroatoms. The smallest absolute Gasteiger partial charge is 0.321 e. The molecule has 1 fully saturated rings. The minimum Gasteiger partial charge on any atom is -0.486 e. The van der Waals surface area contributed by atoms with E-state index in [1.807, 2.05) is 18.2 Å². The summed E-state index contributed by atoms with van der Waals surface area (Å²) < 4.78 is 5.05. The summed E-state index contributed by atoms with van der Waals surface area (Å²) in [6.45, 7) is 0. The van der Waals surface area contributed by atoms with Gasteiger partial charge in [0.2, 0.25) is 0 Å². The summed E-state index contributed by atoms with van der Waals surface area (Å²) in [5.74, 6) is 0.469. The number of urea groups is 1. The average Bonchev–Trinajstić information content (AvgIpc) is 3.25. The number of carbonyl (C=O) groups excluding carboxylic acids is 1. The molecule has 2 heterocycles. The van der Waals surface area contributed by atoms with Gasteiger partial charge in [-0.05, 0) is 30.9 Å². The van der Waals surface area contributed by atoms with E-state index in [4.69, 9.17) is 4.74 Å². The second-order valence-electron chi connectivity index (χ2n) is 4.86. The Morgan fingerprint density at radius 1 is 1.43 bits per heavy atom. The van der Waals surface area contributed by atoms with Crippen LogP contribution in [0.4, 0.5) is 9.93 Å². The monoisotopic (exact) mass is 304 g/mol. The van der Waals surface area contributed by atoms with E-state index >= 15 is 0 Å². The summed E-state index contributed by atoms with van der Waals surface area (Å²) in [6, 6.07) is 5.43. The number of nitrogens with one attached hydrogen (secondary N) is 2. The molecule has 2 aromatic heterocycles. The van der Waals surface area contributed by atoms with Crippen molar-refractivity contribution in [3.8, 4) is 5.06 Å². The lowest BCUT2D eigenvalue weighted by molar-refractivity contribution is 0.246. The zero-order valence-corrected chi connectivity index (χ0v) is 12.4. The van der Waals surface area contributed by atoms with E-state index in [0.29, 0.717) is 16.1 Å². The predicted molar refractivity (Wildman–Crippen MR) is 80.5 cm³/mol. The van der Waals surface area contributed by atoms with Gasteiger partial charge in [-0.3, -0.25) is 10.3 Å². The molecule has 0 bridgehead atoms. The first-order valence-corrected chi connectivity index (χ1v) is 7.56. The number of ether oxygens (including phenoxy) is 1. The summed E-state index contributed by atoms with van der Waals surface area (Å²) in [5, 5.41) is 6.89. The first kappa shape index (κ1) is 13.8. The molecule has 2 amide bonds. The van der Waals surface area contributed by atoms with Gasteiger partial charge in [-0.1, -0.05) is 17.4 Å². The van der Waals surface area contributed by atoms with Crippen LogP contribution < -0.4 is 15.4 Å². The van der Waals surface area contributed by atoms with Crippen molar-refractivity contribution in [2.24, 2.45) is 5.92 Å². The van der Waals surface area contributed by atoms with Crippen LogP contribution in [0.5, 0.6) is 5.06 Å². The molecule has 2 aromatic rings. The maximum atomic E-state index is 12.1. The Morgan fingerprint density at radius 3 is 2.90 bits per heavy atom. The number of anilines is 1. The second-order valence-corrected chi connectivity index (χ2v) is 5.85. The Balaban J connectivity index is 1.64. The van der Waals surface area contributed by atoms with E-state index in [1.165, 1.54) is 11.3 Å². The molecule has 3 rings (SSSR count). The molecule has 1 aliphatic carbocycles. The van der Waals surface area contributed by atoms with Crippen molar-refractivity contribution in [3.05, 3.63) is 36.3 Å². The van der Waals surface area contributed by atoms with E-state index in [1.54, 1.807) is 19.5 Å². The fourth-order valence-electron chi connectivity index (χ4n) is 2.11. The molecular weight excluding hydrogens is 288 g/mol. The number of thiazole rings is 1. The highest BCUT2D eigenvalue weighted by molar-refractivity contribution is 7.17. The van der Waals surface area contributed by atoms with E-state index in [-0.39, 0.29) is 12.1 Å². The van der Waals surface area contributed by atoms with Gasteiger partial charge in [0, 0.05) is 6.20 Å². The maximum absolute atomic E-state index is 12.1. The average molecular weight is 304 g/mol. The third-order valence-electron chi connectivity index (χ3n) is 3.29. The van der Waals surface area contributed by atoms with Crippen LogP contribution in [0.15, 0.2) is 30.6 Å². The number of carbonyl (C=O) groups is 1. The van der Waals surface area contributed by atoms with Crippen molar-refractivity contribution in [2.75, 3.05) is 12.4 Å². The Morgan fingerprint density at radius 2 is 2.29 bits per heavy atom. The van der Waals surface area contributed by atoms with Crippen molar-refractivity contribution in [1.29, 1.82) is 0 Å². The number of rotatable bonds is 5. The third-order valence-corrected chi connectivity index (χ3v) is 4.17. The first-order valence-electron chi connectivity index (χ1n) is 6.74. The van der Waals surface area contributed by atoms with Crippen molar-refractivity contribution >= 4 is 22.5 Å². The van der Waals surface area contributed by atoms with Crippen molar-refractivity contribution in [3.63, 3.8) is 0 Å². The van der Waals surface area contributed by atoms with Crippen molar-refractivity contribution < 1.29 is 9.53 Å². The molecule has 0 saturated heterocycles. The number of nitrogens with zero attached hydrogens (tertiary/aromatic N) is 2. The van der Waals surface area contributed by atoms with Crippen LogP contribution in [-0.4, -0.2) is 23.1 Å². The number of hydrogen-bond acceptors (Lipinski definition) is 5. The topological polar surface area (TPSA) is 76.1 Å². The fraction of sp³-hybridized carbons (Fsp3) is 0.357. The zero-order valence-electron chi connectivity index (χ0n) is 11.6. The summed E-state index contributed by atoms with van der Waals surface area (Å²) in [5.41, 5.74) is 0.895. The molecule has 2 N–H and O–H groups in total. The van der Waals surface area contributed by atoms with E-state index in [0.717, 1.165) is 18.5 Å². The normalized spacial score (nSPS) is 15.3. The highest BCUT2D eigenvalue weighted by Gasteiger charge is 2.34. The van der Waals surface area contributed by atoms with Gasteiger partial charge < -0.3 is 10.1 Å². The van der Waals surface area contributed by atoms with Crippen LogP contribution in [-0.2, 0) is 0 Å². The Kier molecular flexibility index (Phi) is 4.01. The van der Waals surface area contributed by atoms with Gasteiger partial charge in [0.05, 0.1) is 25.0 Å². The predicted octanol–water partition coefficient (Wildman–Crippen LogP) is 2.82. The summed E-state index contributed by atoms with van der Waals surface area (Å²) in [6.07, 6.45) is 5.56. The van der Waals surface area contributed by atoms with Crippen LogP contribution in [0.1, 0.15) is 24.6 Å². The Bertz CT molecular complexity index is 612. The molecule has 0 radical (unpaired) electrons. The van der Waals surface area contributed by atoms with Gasteiger partial charge in [-0.2, -0.15) is 0 Å². The van der Waals surface area contributed by atoms with Gasteiger partial charge in [0.25, 0.3) is 0 Å². The molecule has 0 aromatic carbocycles. The fourth-order valence-corrected chi connectivity index (χ4v) is 2.74. The van der Waals surface area contributed by atoms with Gasteiger partial charge >= 0.3 is 6.03 Å². The van der Waals surface area contributed by atoms with Crippen LogP contribution in [0, 0.1) is 5.92 Å².